The molecule has 0 spiro atoms. The van der Waals surface area contributed by atoms with E-state index in [1.54, 1.807) is 13.1 Å². The maximum atomic E-state index is 12.8. The molecule has 3 N–H and O–H groups in total. The normalized spacial score (nSPS) is 16.6. The van der Waals surface area contributed by atoms with Gasteiger partial charge in [-0.05, 0) is 43.9 Å². The number of aliphatic carboxylic acids is 1. The largest absolute Gasteiger partial charge is 0.490 e. The summed E-state index contributed by atoms with van der Waals surface area (Å²) in [5, 5.41) is 14.8. The van der Waals surface area contributed by atoms with Crippen molar-refractivity contribution in [2.75, 3.05) is 6.54 Å². The summed E-state index contributed by atoms with van der Waals surface area (Å²) in [5.74, 6) is -3.15. The Morgan fingerprint density at radius 3 is 2.55 bits per heavy atom. The zero-order valence-corrected chi connectivity index (χ0v) is 19.2. The van der Waals surface area contributed by atoms with Crippen molar-refractivity contribution >= 4 is 33.2 Å². The van der Waals surface area contributed by atoms with E-state index in [2.05, 4.69) is 15.1 Å². The van der Waals surface area contributed by atoms with E-state index in [1.165, 1.54) is 22.2 Å². The Hall–Kier alpha value is -2.45. The fourth-order valence-corrected chi connectivity index (χ4v) is 5.84. The molecule has 1 aliphatic carbocycles. The van der Waals surface area contributed by atoms with Crippen LogP contribution in [0.3, 0.4) is 0 Å². The monoisotopic (exact) mass is 508 g/mol. The van der Waals surface area contributed by atoms with Crippen molar-refractivity contribution in [3.05, 3.63) is 33.3 Å². The van der Waals surface area contributed by atoms with Gasteiger partial charge in [0.05, 0.1) is 10.6 Å². The van der Waals surface area contributed by atoms with Crippen molar-refractivity contribution in [1.82, 2.24) is 19.8 Å². The van der Waals surface area contributed by atoms with E-state index in [-0.39, 0.29) is 10.8 Å². The van der Waals surface area contributed by atoms with Crippen molar-refractivity contribution in [3.8, 4) is 0 Å². The Labute approximate surface area is 192 Å². The molecule has 9 nitrogen and oxygen atoms in total. The van der Waals surface area contributed by atoms with Gasteiger partial charge in [-0.3, -0.25) is 9.48 Å². The Kier molecular flexibility index (Phi) is 7.49. The van der Waals surface area contributed by atoms with Crippen LogP contribution < -0.4 is 10.0 Å². The second-order valence-electron chi connectivity index (χ2n) is 7.76. The first-order valence-corrected chi connectivity index (χ1v) is 12.4. The van der Waals surface area contributed by atoms with Crippen LogP contribution in [-0.2, 0) is 34.8 Å². The van der Waals surface area contributed by atoms with E-state index in [4.69, 9.17) is 9.90 Å². The molecule has 1 fully saturated rings. The molecule has 0 bridgehead atoms. The van der Waals surface area contributed by atoms with Crippen LogP contribution in [0.5, 0.6) is 0 Å². The Morgan fingerprint density at radius 2 is 1.97 bits per heavy atom. The van der Waals surface area contributed by atoms with Crippen molar-refractivity contribution in [2.24, 2.45) is 7.05 Å². The summed E-state index contributed by atoms with van der Waals surface area (Å²) in [5.41, 5.74) is 1.66. The summed E-state index contributed by atoms with van der Waals surface area (Å²) in [6, 6.07) is 1.80. The van der Waals surface area contributed by atoms with E-state index in [1.807, 2.05) is 0 Å². The molecule has 0 radical (unpaired) electrons. The van der Waals surface area contributed by atoms with Gasteiger partial charge >= 0.3 is 12.1 Å². The lowest BCUT2D eigenvalue weighted by Crippen LogP contribution is -2.31. The highest BCUT2D eigenvalue weighted by Crippen LogP contribution is 2.38. The molecule has 0 saturated heterocycles. The van der Waals surface area contributed by atoms with Gasteiger partial charge in [0.2, 0.25) is 0 Å². The van der Waals surface area contributed by atoms with Crippen molar-refractivity contribution in [2.45, 2.75) is 55.6 Å². The van der Waals surface area contributed by atoms with Crippen LogP contribution in [0.2, 0.25) is 0 Å². The van der Waals surface area contributed by atoms with E-state index >= 15 is 0 Å². The molecule has 182 valence electrons. The smallest absolute Gasteiger partial charge is 0.475 e. The number of carbonyl (C=O) groups excluding carboxylic acids is 1. The number of carboxylic acids is 1. The third-order valence-electron chi connectivity index (χ3n) is 5.27. The lowest BCUT2D eigenvalue weighted by Gasteiger charge is -2.24. The Balaban J connectivity index is 0.000000383. The van der Waals surface area contributed by atoms with Crippen LogP contribution in [0, 0.1) is 0 Å². The standard InChI is InChI=1S/C17H22N4O3S2.C2HF3O2/c1-21-10-15(16(19-21)11-4-2-5-11)26(23,24)20-17(22)14-8-12-9-18-7-3-6-13(12)25-14;3-2(4,5)1(6)7/h8,10-11,18H,2-7,9H2,1H3,(H,20,22);(H,6,7). The van der Waals surface area contributed by atoms with Gasteiger partial charge in [0.25, 0.3) is 15.9 Å². The highest BCUT2D eigenvalue weighted by atomic mass is 32.2. The molecular weight excluding hydrogens is 485 g/mol. The fourth-order valence-electron chi connectivity index (χ4n) is 3.42. The van der Waals surface area contributed by atoms with Crippen LogP contribution >= 0.6 is 11.3 Å². The zero-order chi connectivity index (χ0) is 24.4. The average molecular weight is 509 g/mol. The number of hydrogen-bond donors (Lipinski definition) is 3. The quantitative estimate of drug-likeness (QED) is 0.579. The number of nitrogens with one attached hydrogen (secondary N) is 2. The molecule has 2 aromatic rings. The Morgan fingerprint density at radius 1 is 1.30 bits per heavy atom. The number of sulfonamides is 1. The molecule has 2 aliphatic rings. The fraction of sp³-hybridized carbons (Fsp3) is 0.526. The van der Waals surface area contributed by atoms with Gasteiger partial charge in [-0.15, -0.1) is 11.3 Å². The number of aryl methyl sites for hydroxylation is 2. The summed E-state index contributed by atoms with van der Waals surface area (Å²) in [4.78, 5) is 23.2. The van der Waals surface area contributed by atoms with E-state index in [0.717, 1.165) is 55.6 Å². The van der Waals surface area contributed by atoms with Gasteiger partial charge in [0, 0.05) is 30.6 Å². The number of thiophene rings is 1. The SMILES string of the molecule is Cn1cc(S(=O)(=O)NC(=O)c2cc3c(s2)CCCNC3)c(C2CCC2)n1.O=C(O)C(F)(F)F. The maximum absolute atomic E-state index is 12.8. The van der Waals surface area contributed by atoms with Gasteiger partial charge in [-0.2, -0.15) is 18.3 Å². The molecule has 0 unspecified atom stereocenters. The van der Waals surface area contributed by atoms with Crippen molar-refractivity contribution in [1.29, 1.82) is 0 Å². The first-order valence-electron chi connectivity index (χ1n) is 10.1. The molecule has 1 saturated carbocycles. The highest BCUT2D eigenvalue weighted by molar-refractivity contribution is 7.90. The lowest BCUT2D eigenvalue weighted by atomic mass is 9.83. The number of hydrogen-bond acceptors (Lipinski definition) is 7. The van der Waals surface area contributed by atoms with Gasteiger partial charge < -0.3 is 10.4 Å². The molecule has 1 aliphatic heterocycles. The molecule has 14 heteroatoms. The highest BCUT2D eigenvalue weighted by Gasteiger charge is 2.38. The first-order chi connectivity index (χ1) is 15.4. The number of carbonyl (C=O) groups is 2. The van der Waals surface area contributed by atoms with Crippen molar-refractivity contribution < 1.29 is 36.3 Å². The molecule has 0 atom stereocenters. The average Bonchev–Trinajstić information content (AvgIpc) is 3.17. The van der Waals surface area contributed by atoms with Gasteiger partial charge in [0.15, 0.2) is 0 Å². The second kappa shape index (κ2) is 9.81. The number of aromatic nitrogens is 2. The molecule has 33 heavy (non-hydrogen) atoms. The predicted octanol–water partition coefficient (Wildman–Crippen LogP) is 2.54. The second-order valence-corrected chi connectivity index (χ2v) is 10.5. The zero-order valence-electron chi connectivity index (χ0n) is 17.6. The summed E-state index contributed by atoms with van der Waals surface area (Å²) in [7, 11) is -2.24. The number of rotatable bonds is 4. The van der Waals surface area contributed by atoms with E-state index in [0.29, 0.717) is 10.6 Å². The van der Waals surface area contributed by atoms with Crippen LogP contribution in [0.25, 0.3) is 0 Å². The van der Waals surface area contributed by atoms with Crippen LogP contribution in [0.1, 0.15) is 57.4 Å². The van der Waals surface area contributed by atoms with Crippen LogP contribution in [-0.4, -0.2) is 47.9 Å². The molecule has 3 heterocycles. The summed E-state index contributed by atoms with van der Waals surface area (Å²) in [6.07, 6.45) is 1.31. The summed E-state index contributed by atoms with van der Waals surface area (Å²) in [6.45, 7) is 1.68. The molecule has 0 aromatic carbocycles. The molecule has 4 rings (SSSR count). The molecule has 1 amide bonds. The van der Waals surface area contributed by atoms with Crippen molar-refractivity contribution in [3.63, 3.8) is 0 Å². The number of carboxylic acid groups (broad SMARTS) is 1. The van der Waals surface area contributed by atoms with Crippen LogP contribution in [0.15, 0.2) is 17.2 Å². The van der Waals surface area contributed by atoms with Gasteiger partial charge in [-0.25, -0.2) is 17.9 Å². The number of fused-ring (bicyclic) bond motifs is 1. The number of alkyl halides is 3. The third-order valence-corrected chi connectivity index (χ3v) is 7.85. The maximum Gasteiger partial charge on any atom is 0.490 e. The van der Waals surface area contributed by atoms with E-state index < -0.39 is 28.1 Å². The van der Waals surface area contributed by atoms with E-state index in [9.17, 15) is 26.4 Å². The van der Waals surface area contributed by atoms with Gasteiger partial charge in [0.1, 0.15) is 4.90 Å². The number of amides is 1. The Bertz CT molecular complexity index is 1110. The number of halogens is 3. The van der Waals surface area contributed by atoms with Crippen LogP contribution in [0.4, 0.5) is 13.2 Å². The number of nitrogens with zero attached hydrogens (tertiary/aromatic N) is 2. The summed E-state index contributed by atoms with van der Waals surface area (Å²) < 4.78 is 61.1. The molecular formula is C19H23F3N4O5S2. The summed E-state index contributed by atoms with van der Waals surface area (Å²) >= 11 is 1.39. The third kappa shape index (κ3) is 6.12. The minimum Gasteiger partial charge on any atom is -0.475 e. The minimum atomic E-state index is -5.08. The topological polar surface area (TPSA) is 130 Å². The minimum absolute atomic E-state index is 0.123. The molecule has 2 aromatic heterocycles. The van der Waals surface area contributed by atoms with Gasteiger partial charge in [-0.1, -0.05) is 6.42 Å². The lowest BCUT2D eigenvalue weighted by molar-refractivity contribution is -0.192. The first kappa shape index (κ1) is 25.2. The predicted molar refractivity (Wildman–Crippen MR) is 112 cm³/mol.